The second-order valence-corrected chi connectivity index (χ2v) is 10.5. The number of hydrogen-bond donors (Lipinski definition) is 3. The fourth-order valence-corrected chi connectivity index (χ4v) is 4.42. The summed E-state index contributed by atoms with van der Waals surface area (Å²) in [5.74, 6) is 0.496. The molecule has 0 aliphatic heterocycles. The first-order chi connectivity index (χ1) is 15.1. The number of rotatable bonds is 17. The van der Waals surface area contributed by atoms with E-state index >= 15 is 0 Å². The molecule has 5 heteroatoms. The van der Waals surface area contributed by atoms with Crippen LogP contribution in [0.4, 0.5) is 0 Å². The molecule has 2 aromatic carbocycles. The van der Waals surface area contributed by atoms with Crippen LogP contribution >= 0.6 is 7.94 Å². The van der Waals surface area contributed by atoms with Crippen LogP contribution in [0.1, 0.15) is 81.3 Å². The maximum absolute atomic E-state index is 8.90. The maximum atomic E-state index is 8.90. The third-order valence-corrected chi connectivity index (χ3v) is 6.64. The van der Waals surface area contributed by atoms with Crippen molar-refractivity contribution in [2.45, 2.75) is 70.1 Å². The minimum absolute atomic E-state index is 0.0373. The Morgan fingerprint density at radius 1 is 0.581 bits per heavy atom. The van der Waals surface area contributed by atoms with Gasteiger partial charge in [-0.3, -0.25) is 0 Å². The summed E-state index contributed by atoms with van der Waals surface area (Å²) in [6.45, 7) is 0.861. The summed E-state index contributed by atoms with van der Waals surface area (Å²) in [6, 6.07) is 21.8. The zero-order valence-electron chi connectivity index (χ0n) is 18.8. The third-order valence-electron chi connectivity index (χ3n) is 5.77. The first-order valence-corrected chi connectivity index (χ1v) is 14.0. The van der Waals surface area contributed by atoms with Crippen LogP contribution in [0, 0.1) is 0 Å². The van der Waals surface area contributed by atoms with E-state index in [9.17, 15) is 0 Å². The van der Waals surface area contributed by atoms with E-state index in [1.807, 2.05) is 0 Å². The van der Waals surface area contributed by atoms with Crippen molar-refractivity contribution < 1.29 is 19.4 Å². The van der Waals surface area contributed by atoms with Crippen molar-refractivity contribution in [1.29, 1.82) is 0 Å². The third kappa shape index (κ3) is 12.4. The molecule has 2 rings (SSSR count). The molecule has 0 amide bonds. The molecular weight excluding hydrogens is 407 g/mol. The predicted octanol–water partition coefficient (Wildman–Crippen LogP) is 6.21. The molecule has 0 spiro atoms. The molecule has 4 nitrogen and oxygen atoms in total. The van der Waals surface area contributed by atoms with E-state index < -0.39 is 7.94 Å². The van der Waals surface area contributed by atoms with Gasteiger partial charge in [-0.1, -0.05) is 67.1 Å². The van der Waals surface area contributed by atoms with Crippen molar-refractivity contribution in [2.24, 2.45) is 0 Å². The van der Waals surface area contributed by atoms with Crippen LogP contribution in [0.15, 0.2) is 60.7 Å². The minimum atomic E-state index is -3.92. The topological polar surface area (TPSA) is 69.9 Å². The number of ether oxygens (including phenoxy) is 1. The van der Waals surface area contributed by atoms with Gasteiger partial charge in [0.1, 0.15) is 0 Å². The Morgan fingerprint density at radius 2 is 1.03 bits per heavy atom. The summed E-state index contributed by atoms with van der Waals surface area (Å²) >= 11 is 0. The predicted molar refractivity (Wildman–Crippen MR) is 132 cm³/mol. The van der Waals surface area contributed by atoms with Gasteiger partial charge in [-0.15, -0.1) is 0 Å². The van der Waals surface area contributed by atoms with E-state index in [0.29, 0.717) is 12.5 Å². The van der Waals surface area contributed by atoms with Gasteiger partial charge in [0.05, 0.1) is 0 Å². The zero-order valence-corrected chi connectivity index (χ0v) is 19.8. The monoisotopic (exact) mass is 448 g/mol. The van der Waals surface area contributed by atoms with Crippen LogP contribution in [-0.4, -0.2) is 34.1 Å². The van der Waals surface area contributed by atoms with Crippen molar-refractivity contribution in [3.05, 3.63) is 71.8 Å². The van der Waals surface area contributed by atoms with Gasteiger partial charge < -0.3 is 0 Å². The van der Waals surface area contributed by atoms with Crippen molar-refractivity contribution in [2.75, 3.05) is 19.4 Å². The summed E-state index contributed by atoms with van der Waals surface area (Å²) in [7, 11) is -3.92. The molecule has 174 valence electrons. The van der Waals surface area contributed by atoms with Crippen LogP contribution in [0.2, 0.25) is 0 Å². The van der Waals surface area contributed by atoms with Crippen LogP contribution in [0.25, 0.3) is 0 Å². The molecule has 0 heterocycles. The Labute approximate surface area is 188 Å². The molecule has 0 saturated heterocycles. The average Bonchev–Trinajstić information content (AvgIpc) is 2.77. The van der Waals surface area contributed by atoms with Crippen LogP contribution < -0.4 is 0 Å². The second kappa shape index (κ2) is 15.5. The second-order valence-electron chi connectivity index (χ2n) is 8.48. The van der Waals surface area contributed by atoms with E-state index in [2.05, 4.69) is 60.7 Å². The van der Waals surface area contributed by atoms with E-state index in [-0.39, 0.29) is 12.8 Å². The quantitative estimate of drug-likeness (QED) is 0.199. The molecule has 0 fully saturated rings. The molecule has 0 atom stereocenters. The average molecular weight is 449 g/mol. The number of unbranched alkanes of at least 4 members (excludes halogenated alkanes) is 8. The van der Waals surface area contributed by atoms with Gasteiger partial charge in [-0.2, -0.15) is 0 Å². The van der Waals surface area contributed by atoms with Gasteiger partial charge in [0.2, 0.25) is 0 Å². The molecule has 3 N–H and O–H groups in total. The minimum Gasteiger partial charge on any atom is -0.0622 e. The van der Waals surface area contributed by atoms with Crippen LogP contribution in [0.3, 0.4) is 0 Å². The standard InChI is InChI=1S/C26H41O4P/c27-31(28,29)23-22-30-21-15-7-5-3-1-2-4-6-14-20-26(24-16-10-8-11-17-24)25-18-12-9-13-19-25/h8-13,16-19,26-29,31H,1-7,14-15,20-23H2. The molecule has 0 aliphatic carbocycles. The molecule has 2 aromatic rings. The first kappa shape index (κ1) is 26.0. The van der Waals surface area contributed by atoms with E-state index in [0.717, 1.165) is 12.8 Å². The Hall–Kier alpha value is -1.29. The summed E-state index contributed by atoms with van der Waals surface area (Å²) in [4.78, 5) is 26.7. The molecule has 0 aliphatic rings. The summed E-state index contributed by atoms with van der Waals surface area (Å²) < 4.78 is 5.32. The van der Waals surface area contributed by atoms with Gasteiger partial charge in [-0.05, 0) is 17.5 Å². The summed E-state index contributed by atoms with van der Waals surface area (Å²) in [5.41, 5.74) is 2.84. The Morgan fingerprint density at radius 3 is 1.52 bits per heavy atom. The van der Waals surface area contributed by atoms with Gasteiger partial charge in [0.15, 0.2) is 0 Å². The smallest absolute Gasteiger partial charge is 0.0622 e. The molecular formula is C26H41O4P. The fourth-order valence-electron chi connectivity index (χ4n) is 4.00. The van der Waals surface area contributed by atoms with Gasteiger partial charge in [0, 0.05) is 5.92 Å². The van der Waals surface area contributed by atoms with Gasteiger partial charge >= 0.3 is 98.1 Å². The Balaban J connectivity index is 1.49. The van der Waals surface area contributed by atoms with Crippen LogP contribution in [-0.2, 0) is 4.74 Å². The fraction of sp³-hybridized carbons (Fsp3) is 0.538. The molecule has 0 bridgehead atoms. The Kier molecular flexibility index (Phi) is 13.0. The number of hydrogen-bond acceptors (Lipinski definition) is 4. The van der Waals surface area contributed by atoms with Crippen molar-refractivity contribution in [3.8, 4) is 0 Å². The SMILES string of the molecule is O[PH](O)(O)CCOCCCCCCCCCCCC(c1ccccc1)c1ccccc1. The van der Waals surface area contributed by atoms with Crippen LogP contribution in [0.5, 0.6) is 0 Å². The summed E-state index contributed by atoms with van der Waals surface area (Å²) in [5, 5.41) is 0. The Bertz CT molecular complexity index is 633. The van der Waals surface area contributed by atoms with Crippen molar-refractivity contribution >= 4 is 7.94 Å². The van der Waals surface area contributed by atoms with Crippen molar-refractivity contribution in [3.63, 3.8) is 0 Å². The molecule has 0 radical (unpaired) electrons. The molecule has 31 heavy (non-hydrogen) atoms. The zero-order chi connectivity index (χ0) is 22.2. The number of benzene rings is 2. The first-order valence-electron chi connectivity index (χ1n) is 11.9. The molecule has 0 unspecified atom stereocenters. The van der Waals surface area contributed by atoms with E-state index in [1.54, 1.807) is 0 Å². The summed E-state index contributed by atoms with van der Waals surface area (Å²) in [6.07, 6.45) is 12.3. The van der Waals surface area contributed by atoms with Gasteiger partial charge in [0.25, 0.3) is 0 Å². The molecule has 0 saturated carbocycles. The van der Waals surface area contributed by atoms with E-state index in [4.69, 9.17) is 19.4 Å². The normalized spacial score (nSPS) is 12.4. The van der Waals surface area contributed by atoms with Crippen molar-refractivity contribution in [1.82, 2.24) is 0 Å². The molecule has 0 aromatic heterocycles. The van der Waals surface area contributed by atoms with Gasteiger partial charge in [-0.25, -0.2) is 0 Å². The van der Waals surface area contributed by atoms with E-state index in [1.165, 1.54) is 62.5 Å².